The van der Waals surface area contributed by atoms with Gasteiger partial charge < -0.3 is 0 Å². The molecule has 2 bridgehead atoms. The van der Waals surface area contributed by atoms with E-state index in [1.54, 1.807) is 0 Å². The van der Waals surface area contributed by atoms with Crippen molar-refractivity contribution in [2.75, 3.05) is 0 Å². The third-order valence-corrected chi connectivity index (χ3v) is 6.93. The average molecular weight is 332 g/mol. The number of thiazole rings is 1. The quantitative estimate of drug-likeness (QED) is 0.641. The maximum absolute atomic E-state index is 6.01. The van der Waals surface area contributed by atoms with Gasteiger partial charge in [0.25, 0.3) is 0 Å². The lowest BCUT2D eigenvalue weighted by atomic mass is 9.79. The molecule has 0 spiro atoms. The molecule has 116 valence electrons. The summed E-state index contributed by atoms with van der Waals surface area (Å²) in [6.07, 6.45) is 8.23. The van der Waals surface area contributed by atoms with Crippen LogP contribution in [0.4, 0.5) is 0 Å². The molecule has 2 aliphatic rings. The molecule has 2 saturated carbocycles. The maximum atomic E-state index is 6.01. The highest BCUT2D eigenvalue weighted by atomic mass is 35.5. The highest BCUT2D eigenvalue weighted by Gasteiger charge is 2.36. The van der Waals surface area contributed by atoms with Gasteiger partial charge >= 0.3 is 0 Å². The van der Waals surface area contributed by atoms with Crippen molar-refractivity contribution in [3.8, 4) is 10.6 Å². The van der Waals surface area contributed by atoms with Gasteiger partial charge in [0.05, 0.1) is 5.69 Å². The molecule has 2 fully saturated rings. The number of hydrogen-bond acceptors (Lipinski definition) is 2. The SMILES string of the molecule is CCc1sc(-c2ccc(Cl)cc2)nc1C1CC2CCC(C2)C1. The van der Waals surface area contributed by atoms with E-state index in [4.69, 9.17) is 16.6 Å². The Morgan fingerprint density at radius 2 is 1.77 bits per heavy atom. The first kappa shape index (κ1) is 14.7. The number of benzene rings is 1. The Bertz CT molecular complexity index is 649. The Morgan fingerprint density at radius 1 is 1.09 bits per heavy atom. The van der Waals surface area contributed by atoms with Crippen LogP contribution in [-0.4, -0.2) is 4.98 Å². The summed E-state index contributed by atoms with van der Waals surface area (Å²) in [5.74, 6) is 2.64. The molecule has 0 amide bonds. The van der Waals surface area contributed by atoms with Gasteiger partial charge in [-0.15, -0.1) is 11.3 Å². The summed E-state index contributed by atoms with van der Waals surface area (Å²) < 4.78 is 0. The van der Waals surface area contributed by atoms with E-state index in [0.717, 1.165) is 23.3 Å². The van der Waals surface area contributed by atoms with Crippen molar-refractivity contribution in [1.82, 2.24) is 4.98 Å². The van der Waals surface area contributed by atoms with Crippen LogP contribution in [0.2, 0.25) is 5.02 Å². The number of aryl methyl sites for hydroxylation is 1. The van der Waals surface area contributed by atoms with Crippen LogP contribution in [0.3, 0.4) is 0 Å². The van der Waals surface area contributed by atoms with Gasteiger partial charge in [-0.05, 0) is 49.7 Å². The smallest absolute Gasteiger partial charge is 0.123 e. The van der Waals surface area contributed by atoms with E-state index in [-0.39, 0.29) is 0 Å². The van der Waals surface area contributed by atoms with Gasteiger partial charge in [-0.25, -0.2) is 4.98 Å². The Morgan fingerprint density at radius 3 is 2.41 bits per heavy atom. The highest BCUT2D eigenvalue weighted by Crippen LogP contribution is 2.49. The fourth-order valence-electron chi connectivity index (χ4n) is 4.38. The fourth-order valence-corrected chi connectivity index (χ4v) is 5.60. The Hall–Kier alpha value is -0.860. The first-order valence-corrected chi connectivity index (χ1v) is 9.68. The van der Waals surface area contributed by atoms with Crippen molar-refractivity contribution in [3.05, 3.63) is 39.9 Å². The van der Waals surface area contributed by atoms with E-state index in [1.807, 2.05) is 23.5 Å². The second-order valence-electron chi connectivity index (χ2n) is 6.90. The number of hydrogen-bond donors (Lipinski definition) is 0. The molecule has 2 aliphatic carbocycles. The largest absolute Gasteiger partial charge is 0.241 e. The summed E-state index contributed by atoms with van der Waals surface area (Å²) >= 11 is 7.89. The van der Waals surface area contributed by atoms with E-state index in [2.05, 4.69) is 19.1 Å². The van der Waals surface area contributed by atoms with E-state index < -0.39 is 0 Å². The molecule has 0 N–H and O–H groups in total. The zero-order valence-corrected chi connectivity index (χ0v) is 14.6. The summed E-state index contributed by atoms with van der Waals surface area (Å²) in [6.45, 7) is 2.26. The third kappa shape index (κ3) is 2.72. The minimum Gasteiger partial charge on any atom is -0.241 e. The Labute approximate surface area is 141 Å². The molecule has 2 unspecified atom stereocenters. The van der Waals surface area contributed by atoms with Crippen molar-refractivity contribution in [3.63, 3.8) is 0 Å². The van der Waals surface area contributed by atoms with Crippen LogP contribution in [0.15, 0.2) is 24.3 Å². The van der Waals surface area contributed by atoms with Crippen molar-refractivity contribution in [2.45, 2.75) is 51.4 Å². The van der Waals surface area contributed by atoms with E-state index in [1.165, 1.54) is 53.2 Å². The lowest BCUT2D eigenvalue weighted by Crippen LogP contribution is -2.15. The molecule has 0 saturated heterocycles. The molecule has 1 aromatic carbocycles. The van der Waals surface area contributed by atoms with Crippen molar-refractivity contribution in [2.24, 2.45) is 11.8 Å². The van der Waals surface area contributed by atoms with Crippen molar-refractivity contribution >= 4 is 22.9 Å². The number of nitrogens with zero attached hydrogens (tertiary/aromatic N) is 1. The second kappa shape index (κ2) is 5.98. The van der Waals surface area contributed by atoms with Crippen LogP contribution in [0, 0.1) is 11.8 Å². The molecule has 2 aromatic rings. The van der Waals surface area contributed by atoms with Crippen LogP contribution < -0.4 is 0 Å². The zero-order chi connectivity index (χ0) is 15.1. The zero-order valence-electron chi connectivity index (χ0n) is 13.0. The topological polar surface area (TPSA) is 12.9 Å². The Kier molecular flexibility index (Phi) is 4.00. The third-order valence-electron chi connectivity index (χ3n) is 5.41. The predicted molar refractivity (Wildman–Crippen MR) is 94.7 cm³/mol. The van der Waals surface area contributed by atoms with Crippen LogP contribution >= 0.6 is 22.9 Å². The van der Waals surface area contributed by atoms with E-state index >= 15 is 0 Å². The van der Waals surface area contributed by atoms with Gasteiger partial charge in [0.15, 0.2) is 0 Å². The van der Waals surface area contributed by atoms with Crippen LogP contribution in [0.25, 0.3) is 10.6 Å². The lowest BCUT2D eigenvalue weighted by Gasteiger charge is -2.27. The van der Waals surface area contributed by atoms with Gasteiger partial charge in [0.1, 0.15) is 5.01 Å². The molecule has 0 radical (unpaired) electrons. The molecule has 22 heavy (non-hydrogen) atoms. The molecular formula is C19H22ClNS. The Balaban J connectivity index is 1.66. The molecule has 0 aliphatic heterocycles. The number of aromatic nitrogens is 1. The monoisotopic (exact) mass is 331 g/mol. The lowest BCUT2D eigenvalue weighted by molar-refractivity contribution is 0.315. The summed E-state index contributed by atoms with van der Waals surface area (Å²) in [4.78, 5) is 6.57. The maximum Gasteiger partial charge on any atom is 0.123 e. The minimum atomic E-state index is 0.707. The molecule has 1 heterocycles. The van der Waals surface area contributed by atoms with E-state index in [0.29, 0.717) is 5.92 Å². The standard InChI is InChI=1S/C19H22ClNS/c1-2-17-18(15-10-12-3-4-13(9-12)11-15)21-19(22-17)14-5-7-16(20)8-6-14/h5-8,12-13,15H,2-4,9-11H2,1H3. The number of fused-ring (bicyclic) bond motifs is 2. The highest BCUT2D eigenvalue weighted by molar-refractivity contribution is 7.15. The van der Waals surface area contributed by atoms with Gasteiger partial charge in [-0.1, -0.05) is 43.5 Å². The van der Waals surface area contributed by atoms with Crippen molar-refractivity contribution < 1.29 is 0 Å². The predicted octanol–water partition coefficient (Wildman–Crippen LogP) is 6.32. The van der Waals surface area contributed by atoms with Gasteiger partial charge in [0.2, 0.25) is 0 Å². The minimum absolute atomic E-state index is 0.707. The fraction of sp³-hybridized carbons (Fsp3) is 0.526. The average Bonchev–Trinajstić information content (AvgIpc) is 3.11. The molecule has 2 atom stereocenters. The van der Waals surface area contributed by atoms with Crippen LogP contribution in [0.1, 0.15) is 55.5 Å². The molecule has 4 rings (SSSR count). The summed E-state index contributed by atoms with van der Waals surface area (Å²) in [5, 5.41) is 1.96. The second-order valence-corrected chi connectivity index (χ2v) is 8.42. The van der Waals surface area contributed by atoms with E-state index in [9.17, 15) is 0 Å². The molecule has 1 nitrogen and oxygen atoms in total. The number of halogens is 1. The van der Waals surface area contributed by atoms with Crippen LogP contribution in [-0.2, 0) is 6.42 Å². The first-order valence-electron chi connectivity index (χ1n) is 8.48. The number of rotatable bonds is 3. The van der Waals surface area contributed by atoms with Gasteiger partial charge in [-0.3, -0.25) is 0 Å². The summed E-state index contributed by atoms with van der Waals surface area (Å²) in [5.41, 5.74) is 2.61. The summed E-state index contributed by atoms with van der Waals surface area (Å²) in [7, 11) is 0. The molecule has 3 heteroatoms. The summed E-state index contributed by atoms with van der Waals surface area (Å²) in [6, 6.07) is 8.11. The molecular weight excluding hydrogens is 310 g/mol. The first-order chi connectivity index (χ1) is 10.7. The van der Waals surface area contributed by atoms with Gasteiger partial charge in [0, 0.05) is 21.4 Å². The van der Waals surface area contributed by atoms with Crippen LogP contribution in [0.5, 0.6) is 0 Å². The normalized spacial score (nSPS) is 27.3. The molecule has 1 aromatic heterocycles. The van der Waals surface area contributed by atoms with Crippen molar-refractivity contribution in [1.29, 1.82) is 0 Å². The van der Waals surface area contributed by atoms with Gasteiger partial charge in [-0.2, -0.15) is 0 Å².